The maximum Gasteiger partial charge on any atom is 0.254 e. The van der Waals surface area contributed by atoms with Gasteiger partial charge >= 0.3 is 0 Å². The smallest absolute Gasteiger partial charge is 0.254 e. The molecule has 7 nitrogen and oxygen atoms in total. The molecule has 2 heterocycles. The van der Waals surface area contributed by atoms with Crippen molar-refractivity contribution < 1.29 is 14.6 Å². The first kappa shape index (κ1) is 22.8. The molecule has 0 radical (unpaired) electrons. The van der Waals surface area contributed by atoms with Gasteiger partial charge < -0.3 is 15.6 Å². The Hall–Kier alpha value is -3.42. The first-order valence-corrected chi connectivity index (χ1v) is 11.2. The average Bonchev–Trinajstić information content (AvgIpc) is 2.81. The van der Waals surface area contributed by atoms with E-state index in [0.717, 1.165) is 42.9 Å². The molecule has 33 heavy (non-hydrogen) atoms. The first-order valence-electron chi connectivity index (χ1n) is 11.2. The summed E-state index contributed by atoms with van der Waals surface area (Å²) in [5.41, 5.74) is 8.48. The Morgan fingerprint density at radius 3 is 2.55 bits per heavy atom. The molecule has 0 unspecified atom stereocenters. The van der Waals surface area contributed by atoms with Crippen LogP contribution in [0.3, 0.4) is 0 Å². The van der Waals surface area contributed by atoms with Crippen molar-refractivity contribution in [2.45, 2.75) is 26.4 Å². The average molecular weight is 447 g/mol. The summed E-state index contributed by atoms with van der Waals surface area (Å²) in [6.07, 6.45) is 1.55. The van der Waals surface area contributed by atoms with Gasteiger partial charge in [-0.15, -0.1) is 0 Å². The van der Waals surface area contributed by atoms with Gasteiger partial charge in [0, 0.05) is 50.5 Å². The second-order valence-corrected chi connectivity index (χ2v) is 8.60. The molecule has 7 heteroatoms. The van der Waals surface area contributed by atoms with E-state index in [9.17, 15) is 9.90 Å². The van der Waals surface area contributed by atoms with Crippen LogP contribution < -0.4 is 10.5 Å². The van der Waals surface area contributed by atoms with Crippen LogP contribution >= 0.6 is 0 Å². The second kappa shape index (κ2) is 10.0. The van der Waals surface area contributed by atoms with Gasteiger partial charge in [0.25, 0.3) is 5.91 Å². The van der Waals surface area contributed by atoms with Gasteiger partial charge in [0.1, 0.15) is 17.1 Å². The van der Waals surface area contributed by atoms with Crippen molar-refractivity contribution in [1.29, 1.82) is 0 Å². The number of rotatable bonds is 7. The Bertz CT molecular complexity index is 1120. The first-order chi connectivity index (χ1) is 15.9. The van der Waals surface area contributed by atoms with Gasteiger partial charge in [-0.3, -0.25) is 14.6 Å². The van der Waals surface area contributed by atoms with E-state index in [2.05, 4.69) is 28.6 Å². The van der Waals surface area contributed by atoms with Crippen LogP contribution in [0.25, 0.3) is 11.1 Å². The normalized spacial score (nSPS) is 15.0. The minimum absolute atomic E-state index is 0.175. The van der Waals surface area contributed by atoms with E-state index >= 15 is 0 Å². The highest BCUT2D eigenvalue weighted by atomic mass is 16.5. The highest BCUT2D eigenvalue weighted by molar-refractivity contribution is 5.95. The third kappa shape index (κ3) is 5.50. The zero-order chi connectivity index (χ0) is 23.4. The summed E-state index contributed by atoms with van der Waals surface area (Å²) in [5, 5.41) is 10.5. The third-order valence-corrected chi connectivity index (χ3v) is 6.03. The van der Waals surface area contributed by atoms with Crippen LogP contribution in [-0.2, 0) is 6.54 Å². The van der Waals surface area contributed by atoms with Gasteiger partial charge in [0.15, 0.2) is 0 Å². The van der Waals surface area contributed by atoms with Crippen molar-refractivity contribution in [2.75, 3.05) is 26.2 Å². The number of aromatic hydroxyl groups is 1. The summed E-state index contributed by atoms with van der Waals surface area (Å²) < 4.78 is 5.86. The Kier molecular flexibility index (Phi) is 6.91. The quantitative estimate of drug-likeness (QED) is 0.572. The van der Waals surface area contributed by atoms with E-state index < -0.39 is 5.91 Å². The number of benzene rings is 2. The molecule has 2 aromatic carbocycles. The molecule has 0 atom stereocenters. The van der Waals surface area contributed by atoms with Crippen molar-refractivity contribution in [3.8, 4) is 28.5 Å². The predicted octanol–water partition coefficient (Wildman–Crippen LogP) is 3.87. The number of nitrogens with two attached hydrogens (primary N) is 1. The van der Waals surface area contributed by atoms with Crippen molar-refractivity contribution in [2.24, 2.45) is 5.73 Å². The highest BCUT2D eigenvalue weighted by Gasteiger charge is 2.20. The summed E-state index contributed by atoms with van der Waals surface area (Å²) in [6, 6.07) is 17.0. The molecule has 4 rings (SSSR count). The minimum atomic E-state index is -0.591. The molecule has 3 N–H and O–H groups in total. The number of amides is 1. The zero-order valence-electron chi connectivity index (χ0n) is 19.1. The van der Waals surface area contributed by atoms with Crippen LogP contribution in [0.1, 0.15) is 29.8 Å². The van der Waals surface area contributed by atoms with Crippen LogP contribution in [0.2, 0.25) is 0 Å². The number of hydrogen-bond acceptors (Lipinski definition) is 6. The van der Waals surface area contributed by atoms with E-state index in [-0.39, 0.29) is 11.4 Å². The third-order valence-electron chi connectivity index (χ3n) is 6.03. The van der Waals surface area contributed by atoms with Gasteiger partial charge in [0.2, 0.25) is 5.88 Å². The molecule has 1 aliphatic rings. The van der Waals surface area contributed by atoms with Crippen LogP contribution in [0, 0.1) is 0 Å². The molecular formula is C26H30N4O3. The predicted molar refractivity (Wildman–Crippen MR) is 128 cm³/mol. The number of primary amides is 1. The fourth-order valence-corrected chi connectivity index (χ4v) is 4.08. The Morgan fingerprint density at radius 1 is 1.06 bits per heavy atom. The Balaban J connectivity index is 1.52. The summed E-state index contributed by atoms with van der Waals surface area (Å²) in [5.74, 6) is 0.436. The maximum atomic E-state index is 11.7. The van der Waals surface area contributed by atoms with Crippen molar-refractivity contribution in [3.05, 3.63) is 71.9 Å². The molecule has 1 amide bonds. The maximum absolute atomic E-state index is 11.7. The minimum Gasteiger partial charge on any atom is -0.508 e. The number of piperazine rings is 1. The fourth-order valence-electron chi connectivity index (χ4n) is 4.08. The van der Waals surface area contributed by atoms with Crippen molar-refractivity contribution in [1.82, 2.24) is 14.8 Å². The Morgan fingerprint density at radius 2 is 1.82 bits per heavy atom. The van der Waals surface area contributed by atoms with Gasteiger partial charge in [0.05, 0.1) is 0 Å². The highest BCUT2D eigenvalue weighted by Crippen LogP contribution is 2.31. The van der Waals surface area contributed by atoms with Gasteiger partial charge in [-0.2, -0.15) is 0 Å². The molecule has 3 aromatic rings. The molecule has 1 saturated heterocycles. The fraction of sp³-hybridized carbons (Fsp3) is 0.308. The summed E-state index contributed by atoms with van der Waals surface area (Å²) >= 11 is 0. The number of ether oxygens (including phenoxy) is 1. The summed E-state index contributed by atoms with van der Waals surface area (Å²) in [4.78, 5) is 20.7. The number of carbonyl (C=O) groups is 1. The van der Waals surface area contributed by atoms with E-state index in [4.69, 9.17) is 10.5 Å². The summed E-state index contributed by atoms with van der Waals surface area (Å²) in [6.45, 7) is 9.21. The number of carbonyl (C=O) groups excluding carboxylic acids is 1. The van der Waals surface area contributed by atoms with Gasteiger partial charge in [-0.25, -0.2) is 4.98 Å². The Labute approximate surface area is 194 Å². The van der Waals surface area contributed by atoms with E-state index in [1.807, 2.05) is 30.3 Å². The molecule has 1 fully saturated rings. The van der Waals surface area contributed by atoms with Gasteiger partial charge in [-0.1, -0.05) is 18.2 Å². The van der Waals surface area contributed by atoms with Crippen LogP contribution in [-0.4, -0.2) is 58.0 Å². The van der Waals surface area contributed by atoms with E-state index in [0.29, 0.717) is 24.1 Å². The second-order valence-electron chi connectivity index (χ2n) is 8.60. The van der Waals surface area contributed by atoms with Crippen molar-refractivity contribution in [3.63, 3.8) is 0 Å². The molecule has 1 aliphatic heterocycles. The number of phenols is 1. The lowest BCUT2D eigenvalue weighted by Crippen LogP contribution is -2.48. The number of aromatic nitrogens is 1. The molecule has 0 bridgehead atoms. The molecule has 0 saturated carbocycles. The van der Waals surface area contributed by atoms with Gasteiger partial charge in [-0.05, 0) is 61.4 Å². The van der Waals surface area contributed by atoms with Crippen LogP contribution in [0.15, 0.2) is 60.8 Å². The molecule has 0 aliphatic carbocycles. The topological polar surface area (TPSA) is 91.9 Å². The number of pyridine rings is 1. The molecule has 1 aromatic heterocycles. The van der Waals surface area contributed by atoms with Crippen LogP contribution in [0.4, 0.5) is 0 Å². The van der Waals surface area contributed by atoms with E-state index in [1.54, 1.807) is 30.5 Å². The zero-order valence-corrected chi connectivity index (χ0v) is 19.1. The monoisotopic (exact) mass is 446 g/mol. The lowest BCUT2D eigenvalue weighted by atomic mass is 10.0. The number of nitrogens with zero attached hydrogens (tertiary/aromatic N) is 3. The summed E-state index contributed by atoms with van der Waals surface area (Å²) in [7, 11) is 0. The van der Waals surface area contributed by atoms with E-state index in [1.165, 1.54) is 0 Å². The molecular weight excluding hydrogens is 416 g/mol. The standard InChI is InChI=1S/C26H30N4O3/c1-18(2)30-13-11-29(12-14-30)17-21-15-20(8-9-24(21)31)19-5-3-6-22(16-19)33-26-23(25(27)32)7-4-10-28-26/h3-10,15-16,18,31H,11-14,17H2,1-2H3,(H2,27,32). The lowest BCUT2D eigenvalue weighted by Gasteiger charge is -2.37. The largest absolute Gasteiger partial charge is 0.508 e. The molecule has 172 valence electrons. The van der Waals surface area contributed by atoms with Crippen molar-refractivity contribution >= 4 is 5.91 Å². The number of phenolic OH excluding ortho intramolecular Hbond substituents is 1. The lowest BCUT2D eigenvalue weighted by molar-refractivity contribution is 0.0997. The van der Waals surface area contributed by atoms with Crippen LogP contribution in [0.5, 0.6) is 17.4 Å². The number of hydrogen-bond donors (Lipinski definition) is 2. The molecule has 0 spiro atoms. The SMILES string of the molecule is CC(C)N1CCN(Cc2cc(-c3cccc(Oc4ncccc4C(N)=O)c3)ccc2O)CC1.